The zero-order valence-corrected chi connectivity index (χ0v) is 25.6. The predicted octanol–water partition coefficient (Wildman–Crippen LogP) is 7.49. The lowest BCUT2D eigenvalue weighted by Gasteiger charge is -2.15. The molecule has 0 radical (unpaired) electrons. The van der Waals surface area contributed by atoms with Gasteiger partial charge in [0.1, 0.15) is 5.69 Å². The molecule has 2 aromatic heterocycles. The minimum Gasteiger partial charge on any atom is -0.283 e. The molecule has 0 saturated carbocycles. The first-order valence-electron chi connectivity index (χ1n) is 14.5. The van der Waals surface area contributed by atoms with Crippen molar-refractivity contribution in [2.75, 3.05) is 0 Å². The van der Waals surface area contributed by atoms with E-state index in [0.29, 0.717) is 28.8 Å². The maximum atomic E-state index is 13.8. The summed E-state index contributed by atoms with van der Waals surface area (Å²) in [5, 5.41) is 16.3. The molecule has 0 bridgehead atoms. The SMILES string of the molecule is O=c1c([N+](=O)[O-])c(/C=C/c2cnn(Cc3ccccc3C(F)(F)F)c2)n(Cc2ccc(C(F)(F)F)cc2)c(=O)n1Cc1ccc(C(F)(F)F)cc1. The highest BCUT2D eigenvalue weighted by Crippen LogP contribution is 2.33. The molecule has 0 atom stereocenters. The first-order valence-corrected chi connectivity index (χ1v) is 14.5. The van der Waals surface area contributed by atoms with Crippen LogP contribution in [0.1, 0.15) is 44.6 Å². The number of halogens is 9. The van der Waals surface area contributed by atoms with Gasteiger partial charge in [-0.2, -0.15) is 44.6 Å². The van der Waals surface area contributed by atoms with Gasteiger partial charge in [0.25, 0.3) is 0 Å². The highest BCUT2D eigenvalue weighted by molar-refractivity contribution is 5.71. The van der Waals surface area contributed by atoms with Gasteiger partial charge in [-0.1, -0.05) is 42.5 Å². The van der Waals surface area contributed by atoms with Crippen molar-refractivity contribution in [3.63, 3.8) is 0 Å². The molecule has 266 valence electrons. The Morgan fingerprint density at radius 3 is 1.73 bits per heavy atom. The zero-order chi connectivity index (χ0) is 37.3. The first-order chi connectivity index (χ1) is 23.8. The Hall–Kier alpha value is -5.94. The molecule has 3 aromatic carbocycles. The molecule has 0 saturated heterocycles. The Morgan fingerprint density at radius 2 is 1.22 bits per heavy atom. The van der Waals surface area contributed by atoms with Crippen LogP contribution in [-0.2, 0) is 38.2 Å². The topological polar surface area (TPSA) is 105 Å². The average molecular weight is 724 g/mol. The van der Waals surface area contributed by atoms with E-state index in [4.69, 9.17) is 0 Å². The summed E-state index contributed by atoms with van der Waals surface area (Å²) in [7, 11) is 0. The van der Waals surface area contributed by atoms with Gasteiger partial charge in [0, 0.05) is 11.8 Å². The summed E-state index contributed by atoms with van der Waals surface area (Å²) in [5.74, 6) is 0. The molecule has 2 heterocycles. The molecule has 51 heavy (non-hydrogen) atoms. The Labute approximate surface area is 280 Å². The molecule has 0 aliphatic carbocycles. The third kappa shape index (κ3) is 8.27. The van der Waals surface area contributed by atoms with Gasteiger partial charge >= 0.3 is 35.5 Å². The standard InChI is InChI=1S/C33H22F9N5O4/c34-31(35,36)24-10-5-20(6-11-24)17-45-27(14-9-22-15-43-44(16-22)19-23-3-1-2-4-26(23)33(40,41)42)28(47(50)51)29(48)46(30(45)49)18-21-7-12-25(13-8-21)32(37,38)39/h1-16H,17-19H2/b14-9+. The van der Waals surface area contributed by atoms with E-state index in [1.165, 1.54) is 36.7 Å². The molecule has 0 spiro atoms. The lowest BCUT2D eigenvalue weighted by atomic mass is 10.1. The number of nitrogens with zero attached hydrogens (tertiary/aromatic N) is 5. The Kier molecular flexibility index (Phi) is 9.80. The summed E-state index contributed by atoms with van der Waals surface area (Å²) in [6.45, 7) is -1.60. The van der Waals surface area contributed by atoms with Crippen LogP contribution >= 0.6 is 0 Å². The van der Waals surface area contributed by atoms with Gasteiger partial charge in [0.2, 0.25) is 0 Å². The first kappa shape index (κ1) is 36.3. The number of alkyl halides is 9. The second kappa shape index (κ2) is 13.8. The van der Waals surface area contributed by atoms with Crippen molar-refractivity contribution in [2.45, 2.75) is 38.2 Å². The van der Waals surface area contributed by atoms with E-state index in [0.717, 1.165) is 45.7 Å². The highest BCUT2D eigenvalue weighted by Gasteiger charge is 2.34. The van der Waals surface area contributed by atoms with Crippen molar-refractivity contribution in [3.05, 3.63) is 161 Å². The van der Waals surface area contributed by atoms with Crippen molar-refractivity contribution in [2.24, 2.45) is 0 Å². The second-order valence-corrected chi connectivity index (χ2v) is 11.1. The lowest BCUT2D eigenvalue weighted by molar-refractivity contribution is -0.387. The number of hydrogen-bond acceptors (Lipinski definition) is 5. The van der Waals surface area contributed by atoms with Crippen LogP contribution in [0.2, 0.25) is 0 Å². The average Bonchev–Trinajstić information content (AvgIpc) is 3.49. The monoisotopic (exact) mass is 723 g/mol. The molecular weight excluding hydrogens is 701 g/mol. The van der Waals surface area contributed by atoms with Gasteiger partial charge in [0.15, 0.2) is 0 Å². The number of hydrogen-bond donors (Lipinski definition) is 0. The Morgan fingerprint density at radius 1 is 0.686 bits per heavy atom. The quantitative estimate of drug-likeness (QED) is 0.0891. The lowest BCUT2D eigenvalue weighted by Crippen LogP contribution is -2.42. The molecule has 0 N–H and O–H groups in total. The van der Waals surface area contributed by atoms with Crippen molar-refractivity contribution in [3.8, 4) is 0 Å². The van der Waals surface area contributed by atoms with Crippen molar-refractivity contribution in [1.82, 2.24) is 18.9 Å². The molecule has 0 amide bonds. The summed E-state index contributed by atoms with van der Waals surface area (Å²) in [6, 6.07) is 11.6. The molecule has 18 heteroatoms. The smallest absolute Gasteiger partial charge is 0.283 e. The van der Waals surface area contributed by atoms with Gasteiger partial charge in [-0.05, 0) is 59.2 Å². The fourth-order valence-corrected chi connectivity index (χ4v) is 5.13. The highest BCUT2D eigenvalue weighted by atomic mass is 19.4. The van der Waals surface area contributed by atoms with Crippen LogP contribution in [0.15, 0.2) is 94.8 Å². The minimum atomic E-state index is -4.70. The summed E-state index contributed by atoms with van der Waals surface area (Å²) < 4.78 is 121. The summed E-state index contributed by atoms with van der Waals surface area (Å²) in [4.78, 5) is 38.4. The number of aromatic nitrogens is 4. The normalized spacial score (nSPS) is 12.5. The van der Waals surface area contributed by atoms with Crippen LogP contribution in [0, 0.1) is 10.1 Å². The molecule has 0 aliphatic rings. The second-order valence-electron chi connectivity index (χ2n) is 11.1. The van der Waals surface area contributed by atoms with E-state index in [9.17, 15) is 59.2 Å². The minimum absolute atomic E-state index is 0.000353. The van der Waals surface area contributed by atoms with Crippen LogP contribution in [0.3, 0.4) is 0 Å². The number of benzene rings is 3. The van der Waals surface area contributed by atoms with Crippen molar-refractivity contribution >= 4 is 17.8 Å². The largest absolute Gasteiger partial charge is 0.416 e. The third-order valence-corrected chi connectivity index (χ3v) is 7.61. The molecule has 0 aliphatic heterocycles. The van der Waals surface area contributed by atoms with E-state index in [1.807, 2.05) is 0 Å². The predicted molar refractivity (Wildman–Crippen MR) is 164 cm³/mol. The molecule has 0 unspecified atom stereocenters. The summed E-state index contributed by atoms with van der Waals surface area (Å²) in [6.07, 6.45) is -9.36. The number of nitro groups is 1. The van der Waals surface area contributed by atoms with E-state index >= 15 is 0 Å². The number of rotatable bonds is 9. The van der Waals surface area contributed by atoms with E-state index in [2.05, 4.69) is 5.10 Å². The summed E-state index contributed by atoms with van der Waals surface area (Å²) in [5.41, 5.74) is -7.15. The Balaban J connectivity index is 1.58. The maximum absolute atomic E-state index is 13.8. The van der Waals surface area contributed by atoms with Crippen LogP contribution in [0.5, 0.6) is 0 Å². The van der Waals surface area contributed by atoms with Crippen molar-refractivity contribution in [1.29, 1.82) is 0 Å². The Bertz CT molecular complexity index is 2210. The van der Waals surface area contributed by atoms with Crippen molar-refractivity contribution < 1.29 is 44.4 Å². The third-order valence-electron chi connectivity index (χ3n) is 7.61. The summed E-state index contributed by atoms with van der Waals surface area (Å²) >= 11 is 0. The molecule has 0 fully saturated rings. The van der Waals surface area contributed by atoms with Gasteiger partial charge in [-0.15, -0.1) is 0 Å². The van der Waals surface area contributed by atoms with Gasteiger partial charge in [-0.25, -0.2) is 9.36 Å². The van der Waals surface area contributed by atoms with E-state index < -0.39 is 75.9 Å². The fourth-order valence-electron chi connectivity index (χ4n) is 5.13. The van der Waals surface area contributed by atoms with Gasteiger partial charge in [0.05, 0.1) is 47.4 Å². The van der Waals surface area contributed by atoms with Crippen LogP contribution in [0.25, 0.3) is 12.2 Å². The molecule has 5 rings (SSSR count). The van der Waals surface area contributed by atoms with Gasteiger partial charge < -0.3 is 0 Å². The van der Waals surface area contributed by atoms with E-state index in [-0.39, 0.29) is 28.8 Å². The maximum Gasteiger partial charge on any atom is 0.416 e. The molecular formula is C33H22F9N5O4. The van der Waals surface area contributed by atoms with Crippen LogP contribution in [-0.4, -0.2) is 23.8 Å². The van der Waals surface area contributed by atoms with E-state index in [1.54, 1.807) is 0 Å². The van der Waals surface area contributed by atoms with Gasteiger partial charge in [-0.3, -0.25) is 24.2 Å². The zero-order valence-electron chi connectivity index (χ0n) is 25.6. The molecule has 9 nitrogen and oxygen atoms in total. The van der Waals surface area contributed by atoms with Crippen LogP contribution in [0.4, 0.5) is 45.2 Å². The molecule has 5 aromatic rings. The fraction of sp³-hybridized carbons (Fsp3) is 0.182. The van der Waals surface area contributed by atoms with Crippen LogP contribution < -0.4 is 11.2 Å².